The van der Waals surface area contributed by atoms with Gasteiger partial charge < -0.3 is 10.1 Å². The lowest BCUT2D eigenvalue weighted by Gasteiger charge is -2.26. The van der Waals surface area contributed by atoms with E-state index in [0.717, 1.165) is 17.1 Å². The molecule has 0 aliphatic carbocycles. The van der Waals surface area contributed by atoms with E-state index in [1.165, 1.54) is 0 Å². The number of carbonyl (C=O) groups excluding carboxylic acids is 1. The number of rotatable bonds is 3. The molecule has 1 unspecified atom stereocenters. The number of hydrogen-bond acceptors (Lipinski definition) is 4. The van der Waals surface area contributed by atoms with Gasteiger partial charge >= 0.3 is 0 Å². The van der Waals surface area contributed by atoms with E-state index in [1.807, 2.05) is 42.5 Å². The Labute approximate surface area is 111 Å². The van der Waals surface area contributed by atoms with Gasteiger partial charge in [0.05, 0.1) is 18.7 Å². The summed E-state index contributed by atoms with van der Waals surface area (Å²) in [5.74, 6) is 0.772. The molecule has 0 saturated heterocycles. The summed E-state index contributed by atoms with van der Waals surface area (Å²) in [6.45, 7) is 0.503. The van der Waals surface area contributed by atoms with Crippen molar-refractivity contribution in [3.8, 4) is 5.75 Å². The Morgan fingerprint density at radius 1 is 1.26 bits per heavy atom. The number of ketones is 1. The average Bonchev–Trinajstić information content (AvgIpc) is 2.48. The third-order valence-corrected chi connectivity index (χ3v) is 3.07. The summed E-state index contributed by atoms with van der Waals surface area (Å²) in [4.78, 5) is 16.3. The van der Waals surface area contributed by atoms with Gasteiger partial charge in [0.1, 0.15) is 5.75 Å². The number of aromatic nitrogens is 1. The summed E-state index contributed by atoms with van der Waals surface area (Å²) in [5.41, 5.74) is 1.71. The Kier molecular flexibility index (Phi) is 3.14. The van der Waals surface area contributed by atoms with Crippen molar-refractivity contribution in [1.82, 2.24) is 4.98 Å². The van der Waals surface area contributed by atoms with Crippen LogP contribution >= 0.6 is 0 Å². The number of ether oxygens (including phenoxy) is 1. The molecule has 4 heteroatoms. The minimum atomic E-state index is -0.447. The van der Waals surface area contributed by atoms with Crippen LogP contribution in [0.3, 0.4) is 0 Å². The van der Waals surface area contributed by atoms with Crippen molar-refractivity contribution in [2.24, 2.45) is 0 Å². The molecule has 19 heavy (non-hydrogen) atoms. The van der Waals surface area contributed by atoms with E-state index in [-0.39, 0.29) is 5.78 Å². The van der Waals surface area contributed by atoms with Crippen molar-refractivity contribution in [2.75, 3.05) is 11.9 Å². The predicted molar refractivity (Wildman–Crippen MR) is 72.3 cm³/mol. The summed E-state index contributed by atoms with van der Waals surface area (Å²) in [5, 5.41) is 3.21. The molecule has 4 nitrogen and oxygen atoms in total. The topological polar surface area (TPSA) is 51.2 Å². The van der Waals surface area contributed by atoms with Crippen molar-refractivity contribution >= 4 is 11.5 Å². The Morgan fingerprint density at radius 2 is 2.11 bits per heavy atom. The average molecular weight is 254 g/mol. The molecule has 2 aromatic rings. The highest BCUT2D eigenvalue weighted by Crippen LogP contribution is 2.28. The lowest BCUT2D eigenvalue weighted by atomic mass is 10.1. The smallest absolute Gasteiger partial charge is 0.181 e. The number of para-hydroxylation sites is 2. The van der Waals surface area contributed by atoms with Gasteiger partial charge in [-0.15, -0.1) is 0 Å². The second-order valence-corrected chi connectivity index (χ2v) is 4.45. The molecule has 1 aromatic carbocycles. The number of pyridine rings is 1. The Morgan fingerprint density at radius 3 is 2.95 bits per heavy atom. The molecule has 3 rings (SSSR count). The Hall–Kier alpha value is -2.36. The van der Waals surface area contributed by atoms with Gasteiger partial charge in [0.25, 0.3) is 0 Å². The fourth-order valence-electron chi connectivity index (χ4n) is 2.09. The summed E-state index contributed by atoms with van der Waals surface area (Å²) in [7, 11) is 0. The molecule has 2 heterocycles. The molecule has 0 spiro atoms. The number of Topliss-reactive ketones (excluding diaryl/α,β-unsaturated/α-hetero) is 1. The Bertz CT molecular complexity index is 584. The summed E-state index contributed by atoms with van der Waals surface area (Å²) in [6, 6.07) is 13.2. The normalized spacial score (nSPS) is 16.9. The number of nitrogens with zero attached hydrogens (tertiary/aromatic N) is 1. The van der Waals surface area contributed by atoms with E-state index in [4.69, 9.17) is 4.74 Å². The van der Waals surface area contributed by atoms with Gasteiger partial charge in [-0.25, -0.2) is 0 Å². The zero-order valence-corrected chi connectivity index (χ0v) is 10.4. The number of anilines is 1. The fraction of sp³-hybridized carbons (Fsp3) is 0.200. The molecule has 1 aromatic heterocycles. The van der Waals surface area contributed by atoms with Crippen molar-refractivity contribution in [3.05, 3.63) is 54.4 Å². The van der Waals surface area contributed by atoms with E-state index >= 15 is 0 Å². The van der Waals surface area contributed by atoms with Gasteiger partial charge in [-0.3, -0.25) is 9.78 Å². The standard InChI is InChI=1S/C15H14N2O2/c18-13(9-11-5-3-4-8-16-11)15-10-17-12-6-1-2-7-14(12)19-15/h1-8,15,17H,9-10H2. The van der Waals surface area contributed by atoms with E-state index in [9.17, 15) is 4.79 Å². The molecule has 1 aliphatic heterocycles. The summed E-state index contributed by atoms with van der Waals surface area (Å²) >= 11 is 0. The van der Waals surface area contributed by atoms with Crippen molar-refractivity contribution < 1.29 is 9.53 Å². The first-order valence-electron chi connectivity index (χ1n) is 6.25. The third kappa shape index (κ3) is 2.57. The second kappa shape index (κ2) is 5.10. The van der Waals surface area contributed by atoms with Crippen LogP contribution in [0.15, 0.2) is 48.7 Å². The van der Waals surface area contributed by atoms with Crippen LogP contribution in [-0.2, 0) is 11.2 Å². The van der Waals surface area contributed by atoms with Gasteiger partial charge in [0.15, 0.2) is 11.9 Å². The number of benzene rings is 1. The summed E-state index contributed by atoms with van der Waals surface area (Å²) < 4.78 is 5.73. The van der Waals surface area contributed by atoms with Crippen LogP contribution in [0.25, 0.3) is 0 Å². The monoisotopic (exact) mass is 254 g/mol. The van der Waals surface area contributed by atoms with Crippen LogP contribution < -0.4 is 10.1 Å². The number of fused-ring (bicyclic) bond motifs is 1. The number of carbonyl (C=O) groups is 1. The van der Waals surface area contributed by atoms with E-state index < -0.39 is 6.10 Å². The largest absolute Gasteiger partial charge is 0.479 e. The minimum Gasteiger partial charge on any atom is -0.479 e. The van der Waals surface area contributed by atoms with Gasteiger partial charge in [0.2, 0.25) is 0 Å². The molecular weight excluding hydrogens is 240 g/mol. The molecule has 1 aliphatic rings. The highest BCUT2D eigenvalue weighted by molar-refractivity contribution is 5.86. The lowest BCUT2D eigenvalue weighted by molar-refractivity contribution is -0.124. The fourth-order valence-corrected chi connectivity index (χ4v) is 2.09. The van der Waals surface area contributed by atoms with Crippen LogP contribution in [0, 0.1) is 0 Å². The van der Waals surface area contributed by atoms with Crippen LogP contribution in [0.2, 0.25) is 0 Å². The highest BCUT2D eigenvalue weighted by atomic mass is 16.5. The SMILES string of the molecule is O=C(Cc1ccccn1)C1CNc2ccccc2O1. The molecule has 96 valence electrons. The Balaban J connectivity index is 1.70. The van der Waals surface area contributed by atoms with Gasteiger partial charge in [-0.2, -0.15) is 0 Å². The van der Waals surface area contributed by atoms with Crippen LogP contribution in [0.4, 0.5) is 5.69 Å². The maximum absolute atomic E-state index is 12.2. The van der Waals surface area contributed by atoms with Crippen LogP contribution in [0.1, 0.15) is 5.69 Å². The molecule has 1 atom stereocenters. The zero-order chi connectivity index (χ0) is 13.1. The molecule has 0 fully saturated rings. The lowest BCUT2D eigenvalue weighted by Crippen LogP contribution is -2.38. The first-order chi connectivity index (χ1) is 9.33. The third-order valence-electron chi connectivity index (χ3n) is 3.07. The van der Waals surface area contributed by atoms with E-state index in [1.54, 1.807) is 6.20 Å². The molecule has 0 radical (unpaired) electrons. The molecular formula is C15H14N2O2. The van der Waals surface area contributed by atoms with Crippen molar-refractivity contribution in [1.29, 1.82) is 0 Å². The van der Waals surface area contributed by atoms with Crippen LogP contribution in [-0.4, -0.2) is 23.4 Å². The first kappa shape index (κ1) is 11.7. The van der Waals surface area contributed by atoms with Gasteiger partial charge in [-0.1, -0.05) is 18.2 Å². The maximum Gasteiger partial charge on any atom is 0.181 e. The van der Waals surface area contributed by atoms with Crippen molar-refractivity contribution in [2.45, 2.75) is 12.5 Å². The summed E-state index contributed by atoms with van der Waals surface area (Å²) in [6.07, 6.45) is 1.55. The molecule has 0 amide bonds. The zero-order valence-electron chi connectivity index (χ0n) is 10.4. The maximum atomic E-state index is 12.2. The number of nitrogens with one attached hydrogen (secondary N) is 1. The van der Waals surface area contributed by atoms with Crippen LogP contribution in [0.5, 0.6) is 5.75 Å². The van der Waals surface area contributed by atoms with Gasteiger partial charge in [-0.05, 0) is 24.3 Å². The number of hydrogen-bond donors (Lipinski definition) is 1. The highest BCUT2D eigenvalue weighted by Gasteiger charge is 2.25. The molecule has 1 N–H and O–H groups in total. The predicted octanol–water partition coefficient (Wildman–Crippen LogP) is 2.07. The second-order valence-electron chi connectivity index (χ2n) is 4.45. The minimum absolute atomic E-state index is 0.0423. The van der Waals surface area contributed by atoms with Crippen molar-refractivity contribution in [3.63, 3.8) is 0 Å². The first-order valence-corrected chi connectivity index (χ1v) is 6.25. The molecule has 0 bridgehead atoms. The van der Waals surface area contributed by atoms with E-state index in [0.29, 0.717) is 13.0 Å². The van der Waals surface area contributed by atoms with Gasteiger partial charge in [0, 0.05) is 11.9 Å². The molecule has 0 saturated carbocycles. The quantitative estimate of drug-likeness (QED) is 0.911. The van der Waals surface area contributed by atoms with E-state index in [2.05, 4.69) is 10.3 Å².